The van der Waals surface area contributed by atoms with Crippen molar-refractivity contribution in [3.05, 3.63) is 0 Å². The SMILES string of the molecule is COC(=O)CCCCCC[C@@H]1OC(=O)[C@H]2CC(=O)O[C@@H]12. The summed E-state index contributed by atoms with van der Waals surface area (Å²) in [5, 5.41) is 0. The van der Waals surface area contributed by atoms with Crippen LogP contribution in [0.5, 0.6) is 0 Å². The van der Waals surface area contributed by atoms with Gasteiger partial charge in [0.15, 0.2) is 6.10 Å². The molecule has 6 heteroatoms. The molecule has 0 bridgehead atoms. The fourth-order valence-electron chi connectivity index (χ4n) is 2.73. The minimum atomic E-state index is -0.396. The van der Waals surface area contributed by atoms with Crippen molar-refractivity contribution in [3.8, 4) is 0 Å². The number of rotatable bonds is 7. The van der Waals surface area contributed by atoms with Crippen molar-refractivity contribution in [2.24, 2.45) is 5.92 Å². The molecule has 0 N–H and O–H groups in total. The summed E-state index contributed by atoms with van der Waals surface area (Å²) >= 11 is 0. The van der Waals surface area contributed by atoms with Crippen molar-refractivity contribution in [1.82, 2.24) is 0 Å². The molecule has 0 aliphatic carbocycles. The van der Waals surface area contributed by atoms with Crippen LogP contribution in [0.1, 0.15) is 44.9 Å². The minimum Gasteiger partial charge on any atom is -0.469 e. The van der Waals surface area contributed by atoms with Gasteiger partial charge in [0.2, 0.25) is 0 Å². The molecule has 2 aliphatic rings. The highest BCUT2D eigenvalue weighted by atomic mass is 16.6. The number of ether oxygens (including phenoxy) is 3. The minimum absolute atomic E-state index is 0.152. The van der Waals surface area contributed by atoms with Gasteiger partial charge in [-0.1, -0.05) is 12.8 Å². The number of methoxy groups -OCH3 is 1. The molecule has 2 aliphatic heterocycles. The molecule has 2 fully saturated rings. The maximum atomic E-state index is 11.5. The first-order valence-electron chi connectivity index (χ1n) is 7.08. The number of carbonyl (C=O) groups is 3. The topological polar surface area (TPSA) is 78.9 Å². The Morgan fingerprint density at radius 3 is 2.70 bits per heavy atom. The summed E-state index contributed by atoms with van der Waals surface area (Å²) in [4.78, 5) is 33.6. The molecular weight excluding hydrogens is 264 g/mol. The Labute approximate surface area is 117 Å². The molecule has 112 valence electrons. The first-order valence-corrected chi connectivity index (χ1v) is 7.08. The fraction of sp³-hybridized carbons (Fsp3) is 0.786. The molecule has 2 rings (SSSR count). The van der Waals surface area contributed by atoms with Gasteiger partial charge in [-0.05, 0) is 19.3 Å². The molecule has 0 aromatic heterocycles. The summed E-state index contributed by atoms with van der Waals surface area (Å²) in [7, 11) is 1.39. The van der Waals surface area contributed by atoms with Crippen LogP contribution >= 0.6 is 0 Å². The lowest BCUT2D eigenvalue weighted by Gasteiger charge is -2.15. The van der Waals surface area contributed by atoms with E-state index in [0.717, 1.165) is 25.7 Å². The lowest BCUT2D eigenvalue weighted by molar-refractivity contribution is -0.152. The Kier molecular flexibility index (Phi) is 4.98. The lowest BCUT2D eigenvalue weighted by atomic mass is 9.97. The molecule has 0 saturated carbocycles. The van der Waals surface area contributed by atoms with E-state index in [1.54, 1.807) is 0 Å². The molecule has 6 nitrogen and oxygen atoms in total. The summed E-state index contributed by atoms with van der Waals surface area (Å²) < 4.78 is 15.0. The van der Waals surface area contributed by atoms with Crippen molar-refractivity contribution in [2.45, 2.75) is 57.2 Å². The highest BCUT2D eigenvalue weighted by Gasteiger charge is 2.52. The standard InChI is InChI=1S/C14H20O6/c1-18-11(15)7-5-3-2-4-6-10-13-9(14(17)19-10)8-12(16)20-13/h9-10,13H,2-8H2,1H3/t9-,10-,13+/m0/s1. The van der Waals surface area contributed by atoms with Crippen LogP contribution in [0.3, 0.4) is 0 Å². The number of carbonyl (C=O) groups excluding carboxylic acids is 3. The molecular formula is C14H20O6. The predicted molar refractivity (Wildman–Crippen MR) is 67.6 cm³/mol. The highest BCUT2D eigenvalue weighted by molar-refractivity contribution is 5.85. The van der Waals surface area contributed by atoms with Gasteiger partial charge in [-0.15, -0.1) is 0 Å². The van der Waals surface area contributed by atoms with Gasteiger partial charge in [-0.3, -0.25) is 14.4 Å². The van der Waals surface area contributed by atoms with E-state index in [1.165, 1.54) is 7.11 Å². The van der Waals surface area contributed by atoms with Gasteiger partial charge >= 0.3 is 17.9 Å². The zero-order valence-corrected chi connectivity index (χ0v) is 11.6. The quantitative estimate of drug-likeness (QED) is 0.399. The smallest absolute Gasteiger partial charge is 0.313 e. The molecule has 2 heterocycles. The Morgan fingerprint density at radius 1 is 1.20 bits per heavy atom. The van der Waals surface area contributed by atoms with Crippen LogP contribution < -0.4 is 0 Å². The van der Waals surface area contributed by atoms with Crippen LogP contribution in [0.15, 0.2) is 0 Å². The first kappa shape index (κ1) is 14.8. The zero-order chi connectivity index (χ0) is 14.5. The summed E-state index contributed by atoms with van der Waals surface area (Å²) in [6, 6.07) is 0. The van der Waals surface area contributed by atoms with Gasteiger partial charge in [-0.25, -0.2) is 0 Å². The Morgan fingerprint density at radius 2 is 1.95 bits per heavy atom. The third-order valence-corrected chi connectivity index (χ3v) is 3.83. The highest BCUT2D eigenvalue weighted by Crippen LogP contribution is 2.35. The maximum Gasteiger partial charge on any atom is 0.313 e. The van der Waals surface area contributed by atoms with E-state index in [4.69, 9.17) is 9.47 Å². The van der Waals surface area contributed by atoms with Gasteiger partial charge < -0.3 is 14.2 Å². The molecule has 20 heavy (non-hydrogen) atoms. The second-order valence-corrected chi connectivity index (χ2v) is 5.27. The van der Waals surface area contributed by atoms with Crippen molar-refractivity contribution < 1.29 is 28.6 Å². The Bertz CT molecular complexity index is 391. The second kappa shape index (κ2) is 6.72. The molecule has 0 unspecified atom stereocenters. The molecule has 0 aromatic carbocycles. The van der Waals surface area contributed by atoms with Crippen LogP contribution in [-0.4, -0.2) is 37.2 Å². The number of hydrogen-bond donors (Lipinski definition) is 0. The lowest BCUT2D eigenvalue weighted by Crippen LogP contribution is -2.24. The van der Waals surface area contributed by atoms with Gasteiger partial charge in [0, 0.05) is 6.42 Å². The van der Waals surface area contributed by atoms with E-state index >= 15 is 0 Å². The van der Waals surface area contributed by atoms with E-state index in [-0.39, 0.29) is 36.5 Å². The number of cyclic esters (lactones) is 1. The van der Waals surface area contributed by atoms with E-state index in [9.17, 15) is 14.4 Å². The van der Waals surface area contributed by atoms with Gasteiger partial charge in [-0.2, -0.15) is 0 Å². The predicted octanol–water partition coefficient (Wildman–Crippen LogP) is 1.36. The normalized spacial score (nSPS) is 27.9. The van der Waals surface area contributed by atoms with E-state index in [2.05, 4.69) is 4.74 Å². The third-order valence-electron chi connectivity index (χ3n) is 3.83. The number of unbranched alkanes of at least 4 members (excludes halogenated alkanes) is 3. The Balaban J connectivity index is 1.61. The van der Waals surface area contributed by atoms with Crippen LogP contribution in [-0.2, 0) is 28.6 Å². The van der Waals surface area contributed by atoms with E-state index in [1.807, 2.05) is 0 Å². The maximum absolute atomic E-state index is 11.5. The number of esters is 3. The van der Waals surface area contributed by atoms with Crippen LogP contribution in [0.2, 0.25) is 0 Å². The van der Waals surface area contributed by atoms with Gasteiger partial charge in [0.25, 0.3) is 0 Å². The molecule has 0 spiro atoms. The summed E-state index contributed by atoms with van der Waals surface area (Å²) in [5.74, 6) is -1.20. The van der Waals surface area contributed by atoms with Crippen molar-refractivity contribution in [1.29, 1.82) is 0 Å². The van der Waals surface area contributed by atoms with Gasteiger partial charge in [0.1, 0.15) is 12.0 Å². The fourth-order valence-corrected chi connectivity index (χ4v) is 2.73. The van der Waals surface area contributed by atoms with Crippen LogP contribution in [0.25, 0.3) is 0 Å². The molecule has 2 saturated heterocycles. The monoisotopic (exact) mass is 284 g/mol. The average Bonchev–Trinajstić information content (AvgIpc) is 2.93. The number of hydrogen-bond acceptors (Lipinski definition) is 6. The summed E-state index contributed by atoms with van der Waals surface area (Å²) in [5.41, 5.74) is 0. The zero-order valence-electron chi connectivity index (χ0n) is 11.6. The molecule has 3 atom stereocenters. The molecule has 0 aromatic rings. The third kappa shape index (κ3) is 3.49. The van der Waals surface area contributed by atoms with E-state index < -0.39 is 5.92 Å². The van der Waals surface area contributed by atoms with Crippen molar-refractivity contribution >= 4 is 17.9 Å². The van der Waals surface area contributed by atoms with Gasteiger partial charge in [0.05, 0.1) is 13.5 Å². The van der Waals surface area contributed by atoms with E-state index in [0.29, 0.717) is 12.8 Å². The van der Waals surface area contributed by atoms with Crippen LogP contribution in [0, 0.1) is 5.92 Å². The van der Waals surface area contributed by atoms with Crippen LogP contribution in [0.4, 0.5) is 0 Å². The summed E-state index contributed by atoms with van der Waals surface area (Å²) in [6.45, 7) is 0. The second-order valence-electron chi connectivity index (χ2n) is 5.27. The van der Waals surface area contributed by atoms with Crippen molar-refractivity contribution in [2.75, 3.05) is 7.11 Å². The summed E-state index contributed by atoms with van der Waals surface area (Å²) in [6.07, 6.45) is 4.21. The number of fused-ring (bicyclic) bond motifs is 1. The first-order chi connectivity index (χ1) is 9.61. The van der Waals surface area contributed by atoms with Crippen molar-refractivity contribution in [3.63, 3.8) is 0 Å². The largest absolute Gasteiger partial charge is 0.469 e. The molecule has 0 radical (unpaired) electrons. The average molecular weight is 284 g/mol. The Hall–Kier alpha value is -1.59. The molecule has 0 amide bonds.